The summed E-state index contributed by atoms with van der Waals surface area (Å²) in [6, 6.07) is 20.6. The summed E-state index contributed by atoms with van der Waals surface area (Å²) in [7, 11) is 1.31. The Morgan fingerprint density at radius 3 is 2.43 bits per heavy atom. The van der Waals surface area contributed by atoms with E-state index in [-0.39, 0.29) is 17.4 Å². The minimum atomic E-state index is -0.521. The van der Waals surface area contributed by atoms with Gasteiger partial charge in [0.25, 0.3) is 5.91 Å². The van der Waals surface area contributed by atoms with Crippen molar-refractivity contribution in [2.75, 3.05) is 12.4 Å². The number of amides is 1. The average Bonchev–Trinajstić information content (AvgIpc) is 3.24. The van der Waals surface area contributed by atoms with Gasteiger partial charge in [0.1, 0.15) is 5.71 Å². The van der Waals surface area contributed by atoms with Crippen LogP contribution in [0.25, 0.3) is 10.8 Å². The Kier molecular flexibility index (Phi) is 4.76. The predicted octanol–water partition coefficient (Wildman–Crippen LogP) is 4.08. The maximum absolute atomic E-state index is 12.7. The molecule has 1 unspecified atom stereocenters. The number of rotatable bonds is 4. The topological polar surface area (TPSA) is 77.0 Å². The van der Waals surface area contributed by atoms with Crippen molar-refractivity contribution < 1.29 is 19.2 Å². The molecular formula is C22H18N2O4. The number of fused-ring (bicyclic) bond motifs is 1. The van der Waals surface area contributed by atoms with Crippen molar-refractivity contribution in [3.8, 4) is 0 Å². The quantitative estimate of drug-likeness (QED) is 0.698. The SMILES string of the molecule is COC(=O)c1cc2ccccc2cc1NC(=O)C1=NOC(c2ccccc2)C1. The van der Waals surface area contributed by atoms with Crippen LogP contribution in [0.5, 0.6) is 0 Å². The van der Waals surface area contributed by atoms with E-state index in [1.165, 1.54) is 7.11 Å². The summed E-state index contributed by atoms with van der Waals surface area (Å²) in [4.78, 5) is 30.3. The summed E-state index contributed by atoms with van der Waals surface area (Å²) >= 11 is 0. The molecule has 6 nitrogen and oxygen atoms in total. The van der Waals surface area contributed by atoms with Gasteiger partial charge in [-0.25, -0.2) is 4.79 Å². The highest BCUT2D eigenvalue weighted by Crippen LogP contribution is 2.29. The molecule has 3 aromatic carbocycles. The van der Waals surface area contributed by atoms with Crippen molar-refractivity contribution in [3.63, 3.8) is 0 Å². The number of hydrogen-bond donors (Lipinski definition) is 1. The van der Waals surface area contributed by atoms with Gasteiger partial charge in [0, 0.05) is 6.42 Å². The monoisotopic (exact) mass is 374 g/mol. The lowest BCUT2D eigenvalue weighted by molar-refractivity contribution is -0.110. The first-order valence-electron chi connectivity index (χ1n) is 8.86. The molecule has 0 spiro atoms. The highest BCUT2D eigenvalue weighted by atomic mass is 16.6. The number of hydrogen-bond acceptors (Lipinski definition) is 5. The Morgan fingerprint density at radius 1 is 1.04 bits per heavy atom. The first-order valence-corrected chi connectivity index (χ1v) is 8.86. The highest BCUT2D eigenvalue weighted by molar-refractivity contribution is 6.43. The van der Waals surface area contributed by atoms with Gasteiger partial charge in [-0.1, -0.05) is 59.8 Å². The zero-order valence-corrected chi connectivity index (χ0v) is 15.2. The molecule has 1 aliphatic rings. The largest absolute Gasteiger partial charge is 0.465 e. The summed E-state index contributed by atoms with van der Waals surface area (Å²) in [5.74, 6) is -0.924. The Labute approximate surface area is 161 Å². The van der Waals surface area contributed by atoms with Crippen molar-refractivity contribution in [1.29, 1.82) is 0 Å². The first-order chi connectivity index (χ1) is 13.7. The van der Waals surface area contributed by atoms with Crippen LogP contribution >= 0.6 is 0 Å². The molecule has 1 atom stereocenters. The van der Waals surface area contributed by atoms with Crippen molar-refractivity contribution in [3.05, 3.63) is 77.9 Å². The van der Waals surface area contributed by atoms with E-state index in [0.717, 1.165) is 16.3 Å². The fourth-order valence-electron chi connectivity index (χ4n) is 3.17. The number of benzene rings is 3. The molecule has 6 heteroatoms. The van der Waals surface area contributed by atoms with Crippen LogP contribution in [-0.4, -0.2) is 24.7 Å². The average molecular weight is 374 g/mol. The molecule has 4 rings (SSSR count). The van der Waals surface area contributed by atoms with Gasteiger partial charge in [-0.15, -0.1) is 0 Å². The summed E-state index contributed by atoms with van der Waals surface area (Å²) in [5.41, 5.74) is 1.89. The Balaban J connectivity index is 1.57. The van der Waals surface area contributed by atoms with Gasteiger partial charge in [-0.3, -0.25) is 4.79 Å². The van der Waals surface area contributed by atoms with Crippen LogP contribution in [0.2, 0.25) is 0 Å². The maximum atomic E-state index is 12.7. The van der Waals surface area contributed by atoms with Crippen molar-refractivity contribution in [2.45, 2.75) is 12.5 Å². The second-order valence-electron chi connectivity index (χ2n) is 6.44. The van der Waals surface area contributed by atoms with Crippen LogP contribution in [0.4, 0.5) is 5.69 Å². The third kappa shape index (κ3) is 3.44. The summed E-state index contributed by atoms with van der Waals surface area (Å²) in [6.07, 6.45) is 0.0652. The van der Waals surface area contributed by atoms with E-state index in [1.54, 1.807) is 12.1 Å². The van der Waals surface area contributed by atoms with Crippen LogP contribution < -0.4 is 5.32 Å². The molecule has 0 fully saturated rings. The van der Waals surface area contributed by atoms with E-state index < -0.39 is 11.9 Å². The van der Waals surface area contributed by atoms with Crippen LogP contribution in [-0.2, 0) is 14.4 Å². The lowest BCUT2D eigenvalue weighted by Crippen LogP contribution is -2.23. The van der Waals surface area contributed by atoms with Gasteiger partial charge in [0.2, 0.25) is 0 Å². The third-order valence-electron chi connectivity index (χ3n) is 4.64. The van der Waals surface area contributed by atoms with E-state index in [0.29, 0.717) is 12.1 Å². The van der Waals surface area contributed by atoms with Crippen LogP contribution in [0, 0.1) is 0 Å². The van der Waals surface area contributed by atoms with Crippen molar-refractivity contribution >= 4 is 34.0 Å². The third-order valence-corrected chi connectivity index (χ3v) is 4.64. The normalized spacial score (nSPS) is 15.6. The van der Waals surface area contributed by atoms with E-state index >= 15 is 0 Å². The van der Waals surface area contributed by atoms with Crippen LogP contribution in [0.3, 0.4) is 0 Å². The number of esters is 1. The number of methoxy groups -OCH3 is 1. The van der Waals surface area contributed by atoms with Gasteiger partial charge in [0.15, 0.2) is 6.10 Å². The minimum Gasteiger partial charge on any atom is -0.465 e. The van der Waals surface area contributed by atoms with Gasteiger partial charge in [0.05, 0.1) is 18.4 Å². The van der Waals surface area contributed by atoms with Crippen molar-refractivity contribution in [1.82, 2.24) is 0 Å². The maximum Gasteiger partial charge on any atom is 0.339 e. The number of ether oxygens (including phenoxy) is 1. The first kappa shape index (κ1) is 17.7. The number of carbonyl (C=O) groups excluding carboxylic acids is 2. The fourth-order valence-corrected chi connectivity index (χ4v) is 3.17. The molecule has 1 amide bonds. The van der Waals surface area contributed by atoms with Gasteiger partial charge >= 0.3 is 5.97 Å². The summed E-state index contributed by atoms with van der Waals surface area (Å²) < 4.78 is 4.86. The molecule has 0 radical (unpaired) electrons. The molecule has 0 aromatic heterocycles. The zero-order valence-electron chi connectivity index (χ0n) is 15.2. The second-order valence-corrected chi connectivity index (χ2v) is 6.44. The standard InChI is InChI=1S/C22H18N2O4/c1-27-22(26)17-11-15-9-5-6-10-16(15)12-18(17)23-21(25)19-13-20(28-24-19)14-7-3-2-4-8-14/h2-12,20H,13H2,1H3,(H,23,25). The van der Waals surface area contributed by atoms with E-state index in [2.05, 4.69) is 10.5 Å². The molecular weight excluding hydrogens is 356 g/mol. The molecule has 1 aliphatic heterocycles. The zero-order chi connectivity index (χ0) is 19.5. The van der Waals surface area contributed by atoms with Gasteiger partial charge in [-0.2, -0.15) is 0 Å². The molecule has 1 heterocycles. The number of nitrogens with zero attached hydrogens (tertiary/aromatic N) is 1. The van der Waals surface area contributed by atoms with Crippen molar-refractivity contribution in [2.24, 2.45) is 5.16 Å². The summed E-state index contributed by atoms with van der Waals surface area (Å²) in [5, 5.41) is 8.50. The number of nitrogens with one attached hydrogen (secondary N) is 1. The lowest BCUT2D eigenvalue weighted by atomic mass is 10.0. The molecule has 28 heavy (non-hydrogen) atoms. The molecule has 0 aliphatic carbocycles. The Bertz CT molecular complexity index is 1080. The van der Waals surface area contributed by atoms with Gasteiger partial charge < -0.3 is 14.9 Å². The number of oxime groups is 1. The lowest BCUT2D eigenvalue weighted by Gasteiger charge is -2.11. The highest BCUT2D eigenvalue weighted by Gasteiger charge is 2.28. The van der Waals surface area contributed by atoms with Crippen LogP contribution in [0.15, 0.2) is 71.9 Å². The minimum absolute atomic E-state index is 0.276. The number of anilines is 1. The molecule has 0 saturated heterocycles. The second kappa shape index (κ2) is 7.52. The van der Waals surface area contributed by atoms with E-state index in [1.807, 2.05) is 54.6 Å². The number of carbonyl (C=O) groups is 2. The molecule has 140 valence electrons. The van der Waals surface area contributed by atoms with Crippen LogP contribution in [0.1, 0.15) is 28.4 Å². The van der Waals surface area contributed by atoms with E-state index in [4.69, 9.17) is 9.57 Å². The predicted molar refractivity (Wildman–Crippen MR) is 106 cm³/mol. The Morgan fingerprint density at radius 2 is 1.71 bits per heavy atom. The fraction of sp³-hybridized carbons (Fsp3) is 0.136. The Hall–Kier alpha value is -3.67. The summed E-state index contributed by atoms with van der Waals surface area (Å²) in [6.45, 7) is 0. The molecule has 0 bridgehead atoms. The molecule has 3 aromatic rings. The molecule has 0 saturated carbocycles. The van der Waals surface area contributed by atoms with Gasteiger partial charge in [-0.05, 0) is 28.5 Å². The smallest absolute Gasteiger partial charge is 0.339 e. The van der Waals surface area contributed by atoms with E-state index in [9.17, 15) is 9.59 Å². The molecule has 1 N–H and O–H groups in total.